The molecule has 5 heteroatoms. The molecule has 0 aliphatic carbocycles. The molecule has 13 heavy (non-hydrogen) atoms. The summed E-state index contributed by atoms with van der Waals surface area (Å²) in [5, 5.41) is 0. The topological polar surface area (TPSA) is 9.23 Å². The van der Waals surface area contributed by atoms with Gasteiger partial charge in [0.1, 0.15) is 5.75 Å². The van der Waals surface area contributed by atoms with Gasteiger partial charge in [-0.1, -0.05) is 0 Å². The Morgan fingerprint density at radius 1 is 1.15 bits per heavy atom. The lowest BCUT2D eigenvalue weighted by Gasteiger charge is -2.08. The zero-order valence-corrected chi connectivity index (χ0v) is 7.28. The molecule has 0 unspecified atom stereocenters. The van der Waals surface area contributed by atoms with Crippen LogP contribution in [-0.4, -0.2) is 6.36 Å². The molecule has 0 aromatic heterocycles. The third-order valence-corrected chi connectivity index (χ3v) is 1.83. The van der Waals surface area contributed by atoms with Crippen molar-refractivity contribution in [2.45, 2.75) is 11.3 Å². The van der Waals surface area contributed by atoms with E-state index in [1.165, 1.54) is 36.0 Å². The van der Waals surface area contributed by atoms with Gasteiger partial charge in [-0.15, -0.1) is 24.9 Å². The molecule has 1 rings (SSSR count). The summed E-state index contributed by atoms with van der Waals surface area (Å²) in [4.78, 5) is 0.787. The third kappa shape index (κ3) is 3.59. The Morgan fingerprint density at radius 3 is 2.08 bits per heavy atom. The largest absolute Gasteiger partial charge is 0.573 e. The Balaban J connectivity index is 2.70. The number of halogens is 3. The molecule has 0 bridgehead atoms. The average molecular weight is 207 g/mol. The molecule has 0 fully saturated rings. The van der Waals surface area contributed by atoms with Crippen molar-refractivity contribution in [3.8, 4) is 5.75 Å². The van der Waals surface area contributed by atoms with E-state index >= 15 is 0 Å². The van der Waals surface area contributed by atoms with Gasteiger partial charge in [0.25, 0.3) is 0 Å². The van der Waals surface area contributed by atoms with Gasteiger partial charge in [0, 0.05) is 11.2 Å². The predicted molar refractivity (Wildman–Crippen MR) is 44.3 cm³/mol. The second-order valence-corrected chi connectivity index (χ2v) is 2.92. The predicted octanol–water partition coefficient (Wildman–Crippen LogP) is 3.47. The maximum absolute atomic E-state index is 11.7. The molecule has 71 valence electrons. The first-order chi connectivity index (χ1) is 6.01. The van der Waals surface area contributed by atoms with Crippen LogP contribution >= 0.6 is 11.8 Å². The van der Waals surface area contributed by atoms with Crippen molar-refractivity contribution in [3.05, 3.63) is 30.5 Å². The lowest BCUT2D eigenvalue weighted by Crippen LogP contribution is -2.16. The summed E-state index contributed by atoms with van der Waals surface area (Å²) in [6.45, 7) is 0. The minimum absolute atomic E-state index is 0.217. The lowest BCUT2D eigenvalue weighted by atomic mass is 10.3. The van der Waals surface area contributed by atoms with Crippen molar-refractivity contribution in [3.63, 3.8) is 0 Å². The van der Waals surface area contributed by atoms with E-state index < -0.39 is 6.36 Å². The van der Waals surface area contributed by atoms with Crippen molar-refractivity contribution in [2.24, 2.45) is 0 Å². The number of rotatable bonds is 2. The zero-order valence-electron chi connectivity index (χ0n) is 6.47. The first kappa shape index (κ1) is 10.2. The average Bonchev–Trinajstić information content (AvgIpc) is 2.03. The van der Waals surface area contributed by atoms with Crippen LogP contribution in [0.2, 0.25) is 0 Å². The van der Waals surface area contributed by atoms with E-state index in [4.69, 9.17) is 0 Å². The number of alkyl halides is 3. The highest BCUT2D eigenvalue weighted by molar-refractivity contribution is 8.00. The molecule has 0 N–H and O–H groups in total. The highest BCUT2D eigenvalue weighted by atomic mass is 32.2. The molecule has 1 aromatic rings. The van der Waals surface area contributed by atoms with Crippen LogP contribution in [0, 0.1) is 6.26 Å². The van der Waals surface area contributed by atoms with Crippen molar-refractivity contribution in [2.75, 3.05) is 0 Å². The molecule has 0 aliphatic rings. The van der Waals surface area contributed by atoms with Crippen LogP contribution in [0.1, 0.15) is 0 Å². The lowest BCUT2D eigenvalue weighted by molar-refractivity contribution is -0.274. The molecule has 0 saturated carbocycles. The van der Waals surface area contributed by atoms with Gasteiger partial charge >= 0.3 is 6.36 Å². The van der Waals surface area contributed by atoms with E-state index in [0.717, 1.165) is 4.90 Å². The van der Waals surface area contributed by atoms with Crippen LogP contribution in [0.15, 0.2) is 29.2 Å². The molecular formula is C8H6F3OS. The fourth-order valence-electron chi connectivity index (χ4n) is 0.738. The van der Waals surface area contributed by atoms with Gasteiger partial charge in [0.15, 0.2) is 0 Å². The Morgan fingerprint density at radius 2 is 1.69 bits per heavy atom. The molecule has 1 radical (unpaired) electrons. The minimum Gasteiger partial charge on any atom is -0.406 e. The number of hydrogen-bond acceptors (Lipinski definition) is 2. The maximum Gasteiger partial charge on any atom is 0.573 e. The van der Waals surface area contributed by atoms with Crippen molar-refractivity contribution in [1.82, 2.24) is 0 Å². The number of hydrogen-bond donors (Lipinski definition) is 0. The van der Waals surface area contributed by atoms with Crippen LogP contribution in [0.3, 0.4) is 0 Å². The second-order valence-electron chi connectivity index (χ2n) is 2.16. The van der Waals surface area contributed by atoms with Crippen LogP contribution in [0.25, 0.3) is 0 Å². The quantitative estimate of drug-likeness (QED) is 0.687. The summed E-state index contributed by atoms with van der Waals surface area (Å²) >= 11 is 1.21. The Bertz CT molecular complexity index is 268. The highest BCUT2D eigenvalue weighted by Gasteiger charge is 2.30. The molecule has 0 saturated heterocycles. The first-order valence-electron chi connectivity index (χ1n) is 3.29. The molecule has 1 nitrogen and oxygen atoms in total. The van der Waals surface area contributed by atoms with E-state index in [0.29, 0.717) is 0 Å². The summed E-state index contributed by atoms with van der Waals surface area (Å²) in [6.07, 6.45) is -1.11. The summed E-state index contributed by atoms with van der Waals surface area (Å²) in [7, 11) is 0. The summed E-state index contributed by atoms with van der Waals surface area (Å²) in [5.41, 5.74) is 0. The fraction of sp³-hybridized carbons (Fsp3) is 0.125. The molecule has 0 amide bonds. The van der Waals surface area contributed by atoms with Crippen LogP contribution < -0.4 is 4.74 Å². The molecule has 0 atom stereocenters. The van der Waals surface area contributed by atoms with Gasteiger partial charge in [0.05, 0.1) is 0 Å². The summed E-state index contributed by atoms with van der Waals surface area (Å²) in [6, 6.07) is 5.53. The normalized spacial score (nSPS) is 11.4. The van der Waals surface area contributed by atoms with Crippen molar-refractivity contribution >= 4 is 11.8 Å². The van der Waals surface area contributed by atoms with Gasteiger partial charge in [-0.25, -0.2) is 0 Å². The minimum atomic E-state index is -4.63. The zero-order chi connectivity index (χ0) is 9.90. The molecule has 0 heterocycles. The van der Waals surface area contributed by atoms with Gasteiger partial charge < -0.3 is 4.74 Å². The van der Waals surface area contributed by atoms with Gasteiger partial charge in [0.2, 0.25) is 0 Å². The number of thioether (sulfide) groups is 1. The Kier molecular flexibility index (Phi) is 3.08. The van der Waals surface area contributed by atoms with Gasteiger partial charge in [-0.2, -0.15) is 0 Å². The van der Waals surface area contributed by atoms with Crippen molar-refractivity contribution in [1.29, 1.82) is 0 Å². The summed E-state index contributed by atoms with van der Waals surface area (Å²) < 4.78 is 38.7. The molecule has 1 aromatic carbocycles. The smallest absolute Gasteiger partial charge is 0.406 e. The number of ether oxygens (including phenoxy) is 1. The van der Waals surface area contributed by atoms with E-state index in [-0.39, 0.29) is 5.75 Å². The molecule has 0 aliphatic heterocycles. The summed E-state index contributed by atoms with van der Waals surface area (Å²) in [5.74, 6) is -0.217. The van der Waals surface area contributed by atoms with E-state index in [1.807, 2.05) is 0 Å². The standard InChI is InChI=1S/C8H6F3OS/c1-13-7-4-2-6(3-5-7)12-8(9,10)11/h2-5H,1H2. The maximum atomic E-state index is 11.7. The third-order valence-electron chi connectivity index (χ3n) is 1.22. The van der Waals surface area contributed by atoms with E-state index in [1.54, 1.807) is 0 Å². The van der Waals surface area contributed by atoms with E-state index in [2.05, 4.69) is 11.0 Å². The number of benzene rings is 1. The van der Waals surface area contributed by atoms with Gasteiger partial charge in [-0.05, 0) is 24.3 Å². The fourth-order valence-corrected chi connectivity index (χ4v) is 1.07. The Hall–Kier alpha value is -0.840. The first-order valence-corrected chi connectivity index (χ1v) is 4.27. The van der Waals surface area contributed by atoms with Crippen molar-refractivity contribution < 1.29 is 17.9 Å². The van der Waals surface area contributed by atoms with E-state index in [9.17, 15) is 13.2 Å². The molecular weight excluding hydrogens is 201 g/mol. The van der Waals surface area contributed by atoms with Crippen LogP contribution in [0.5, 0.6) is 5.75 Å². The monoisotopic (exact) mass is 207 g/mol. The van der Waals surface area contributed by atoms with Gasteiger partial charge in [-0.3, -0.25) is 0 Å². The Labute approximate surface area is 77.9 Å². The van der Waals surface area contributed by atoms with Crippen LogP contribution in [0.4, 0.5) is 13.2 Å². The second kappa shape index (κ2) is 3.91. The highest BCUT2D eigenvalue weighted by Crippen LogP contribution is 2.25. The molecule has 0 spiro atoms. The van der Waals surface area contributed by atoms with Crippen LogP contribution in [-0.2, 0) is 0 Å². The SMILES string of the molecule is [CH2]Sc1ccc(OC(F)(F)F)cc1.